The molecule has 0 unspecified atom stereocenters. The zero-order valence-corrected chi connectivity index (χ0v) is 12.3. The molecule has 0 aliphatic carbocycles. The Kier molecular flexibility index (Phi) is 4.15. The molecule has 0 aliphatic heterocycles. The van der Waals surface area contributed by atoms with Gasteiger partial charge in [0, 0.05) is 23.5 Å². The van der Waals surface area contributed by atoms with Crippen molar-refractivity contribution in [1.82, 2.24) is 10.3 Å². The lowest BCUT2D eigenvalue weighted by molar-refractivity contribution is 0.587. The molecule has 0 amide bonds. The van der Waals surface area contributed by atoms with Crippen LogP contribution in [0.4, 0.5) is 0 Å². The van der Waals surface area contributed by atoms with Gasteiger partial charge in [-0.3, -0.25) is 0 Å². The van der Waals surface area contributed by atoms with Crippen molar-refractivity contribution in [2.45, 2.75) is 40.3 Å². The average Bonchev–Trinajstić information content (AvgIpc) is 2.73. The van der Waals surface area contributed by atoms with Crippen molar-refractivity contribution >= 4 is 11.3 Å². The highest BCUT2D eigenvalue weighted by Gasteiger charge is 2.06. The van der Waals surface area contributed by atoms with Gasteiger partial charge in [0.25, 0.3) is 0 Å². The molecule has 1 aromatic carbocycles. The second-order valence-electron chi connectivity index (χ2n) is 5.04. The highest BCUT2D eigenvalue weighted by atomic mass is 32.1. The number of benzene rings is 1. The first-order valence-corrected chi connectivity index (χ1v) is 7.19. The number of hydrogen-bond acceptors (Lipinski definition) is 3. The molecule has 1 aromatic heterocycles. The van der Waals surface area contributed by atoms with Crippen LogP contribution in [0.25, 0.3) is 11.3 Å². The van der Waals surface area contributed by atoms with E-state index in [2.05, 4.69) is 56.6 Å². The molecule has 1 heterocycles. The summed E-state index contributed by atoms with van der Waals surface area (Å²) in [6.07, 6.45) is 0. The fourth-order valence-electron chi connectivity index (χ4n) is 1.94. The van der Waals surface area contributed by atoms with E-state index in [4.69, 9.17) is 4.98 Å². The van der Waals surface area contributed by atoms with E-state index >= 15 is 0 Å². The number of nitrogens with one attached hydrogen (secondary N) is 1. The van der Waals surface area contributed by atoms with Gasteiger partial charge in [-0.2, -0.15) is 0 Å². The van der Waals surface area contributed by atoms with Crippen LogP contribution in [0.5, 0.6) is 0 Å². The highest BCUT2D eigenvalue weighted by molar-refractivity contribution is 7.09. The summed E-state index contributed by atoms with van der Waals surface area (Å²) in [6, 6.07) is 7.08. The first-order chi connectivity index (χ1) is 8.54. The Morgan fingerprint density at radius 3 is 2.44 bits per heavy atom. The van der Waals surface area contributed by atoms with E-state index in [0.717, 1.165) is 17.2 Å². The second kappa shape index (κ2) is 5.63. The standard InChI is InChI=1S/C15H20N2S/c1-10(2)16-8-15-17-14(9-18-15)13-6-11(3)5-12(4)7-13/h5-7,9-10,16H,8H2,1-4H3. The summed E-state index contributed by atoms with van der Waals surface area (Å²) in [5, 5.41) is 6.69. The summed E-state index contributed by atoms with van der Waals surface area (Å²) in [4.78, 5) is 4.69. The maximum absolute atomic E-state index is 4.69. The molecular formula is C15H20N2S. The van der Waals surface area contributed by atoms with E-state index in [0.29, 0.717) is 6.04 Å². The predicted molar refractivity (Wildman–Crippen MR) is 79.0 cm³/mol. The smallest absolute Gasteiger partial charge is 0.107 e. The molecule has 0 aliphatic rings. The van der Waals surface area contributed by atoms with Gasteiger partial charge in [0.15, 0.2) is 0 Å². The SMILES string of the molecule is Cc1cc(C)cc(-c2csc(CNC(C)C)n2)c1. The average molecular weight is 260 g/mol. The fourth-order valence-corrected chi connectivity index (χ4v) is 2.69. The molecule has 2 rings (SSSR count). The van der Waals surface area contributed by atoms with E-state index in [1.807, 2.05) is 0 Å². The molecule has 2 aromatic rings. The minimum Gasteiger partial charge on any atom is -0.308 e. The third-order valence-corrected chi connectivity index (χ3v) is 3.58. The van der Waals surface area contributed by atoms with Crippen molar-refractivity contribution in [2.24, 2.45) is 0 Å². The van der Waals surface area contributed by atoms with Crippen molar-refractivity contribution < 1.29 is 0 Å². The van der Waals surface area contributed by atoms with Gasteiger partial charge in [0.05, 0.1) is 5.69 Å². The minimum atomic E-state index is 0.499. The molecule has 2 nitrogen and oxygen atoms in total. The van der Waals surface area contributed by atoms with Gasteiger partial charge >= 0.3 is 0 Å². The van der Waals surface area contributed by atoms with Crippen LogP contribution in [0.2, 0.25) is 0 Å². The molecule has 0 atom stereocenters. The van der Waals surface area contributed by atoms with Gasteiger partial charge in [-0.15, -0.1) is 11.3 Å². The van der Waals surface area contributed by atoms with Gasteiger partial charge in [-0.1, -0.05) is 31.0 Å². The molecule has 3 heteroatoms. The topological polar surface area (TPSA) is 24.9 Å². The van der Waals surface area contributed by atoms with Crippen molar-refractivity contribution in [3.8, 4) is 11.3 Å². The van der Waals surface area contributed by atoms with E-state index in [1.54, 1.807) is 11.3 Å². The van der Waals surface area contributed by atoms with Gasteiger partial charge < -0.3 is 5.32 Å². The first kappa shape index (κ1) is 13.2. The second-order valence-corrected chi connectivity index (χ2v) is 5.98. The fraction of sp³-hybridized carbons (Fsp3) is 0.400. The van der Waals surface area contributed by atoms with Crippen LogP contribution in [0, 0.1) is 13.8 Å². The Morgan fingerprint density at radius 2 is 1.83 bits per heavy atom. The monoisotopic (exact) mass is 260 g/mol. The first-order valence-electron chi connectivity index (χ1n) is 6.31. The normalized spacial score (nSPS) is 11.2. The Balaban J connectivity index is 2.18. The van der Waals surface area contributed by atoms with Gasteiger partial charge in [0.1, 0.15) is 5.01 Å². The van der Waals surface area contributed by atoms with E-state index in [9.17, 15) is 0 Å². The Labute approximate surface area is 113 Å². The summed E-state index contributed by atoms with van der Waals surface area (Å²) in [7, 11) is 0. The Morgan fingerprint density at radius 1 is 1.17 bits per heavy atom. The van der Waals surface area contributed by atoms with Crippen LogP contribution in [0.1, 0.15) is 30.0 Å². The number of hydrogen-bond donors (Lipinski definition) is 1. The Bertz CT molecular complexity index is 509. The highest BCUT2D eigenvalue weighted by Crippen LogP contribution is 2.24. The number of aromatic nitrogens is 1. The summed E-state index contributed by atoms with van der Waals surface area (Å²) in [5.74, 6) is 0. The largest absolute Gasteiger partial charge is 0.308 e. The van der Waals surface area contributed by atoms with Crippen LogP contribution >= 0.6 is 11.3 Å². The molecule has 18 heavy (non-hydrogen) atoms. The van der Waals surface area contributed by atoms with Gasteiger partial charge in [-0.05, 0) is 26.0 Å². The zero-order chi connectivity index (χ0) is 13.1. The molecular weight excluding hydrogens is 240 g/mol. The minimum absolute atomic E-state index is 0.499. The number of aryl methyl sites for hydroxylation is 2. The zero-order valence-electron chi connectivity index (χ0n) is 11.4. The molecule has 0 saturated carbocycles. The summed E-state index contributed by atoms with van der Waals surface area (Å²) in [5.41, 5.74) is 4.90. The quantitative estimate of drug-likeness (QED) is 0.901. The van der Waals surface area contributed by atoms with E-state index < -0.39 is 0 Å². The third kappa shape index (κ3) is 3.40. The molecule has 1 N–H and O–H groups in total. The molecule has 0 fully saturated rings. The summed E-state index contributed by atoms with van der Waals surface area (Å²) < 4.78 is 0. The third-order valence-electron chi connectivity index (χ3n) is 2.73. The van der Waals surface area contributed by atoms with Crippen LogP contribution in [-0.2, 0) is 6.54 Å². The molecule has 0 saturated heterocycles. The number of thiazole rings is 1. The number of nitrogens with zero attached hydrogens (tertiary/aromatic N) is 1. The van der Waals surface area contributed by atoms with Crippen molar-refractivity contribution in [1.29, 1.82) is 0 Å². The lowest BCUT2D eigenvalue weighted by Crippen LogP contribution is -2.21. The van der Waals surface area contributed by atoms with Crippen LogP contribution in [-0.4, -0.2) is 11.0 Å². The molecule has 0 bridgehead atoms. The Hall–Kier alpha value is -1.19. The molecule has 0 radical (unpaired) electrons. The van der Waals surface area contributed by atoms with Crippen molar-refractivity contribution in [3.63, 3.8) is 0 Å². The van der Waals surface area contributed by atoms with Crippen LogP contribution < -0.4 is 5.32 Å². The van der Waals surface area contributed by atoms with Crippen molar-refractivity contribution in [2.75, 3.05) is 0 Å². The maximum atomic E-state index is 4.69. The van der Waals surface area contributed by atoms with E-state index in [1.165, 1.54) is 16.7 Å². The predicted octanol–water partition coefficient (Wildman–Crippen LogP) is 3.92. The summed E-state index contributed by atoms with van der Waals surface area (Å²) >= 11 is 1.72. The maximum Gasteiger partial charge on any atom is 0.107 e. The molecule has 96 valence electrons. The lowest BCUT2D eigenvalue weighted by Gasteiger charge is -2.05. The van der Waals surface area contributed by atoms with Crippen LogP contribution in [0.3, 0.4) is 0 Å². The lowest BCUT2D eigenvalue weighted by atomic mass is 10.1. The van der Waals surface area contributed by atoms with Gasteiger partial charge in [-0.25, -0.2) is 4.98 Å². The molecule has 0 spiro atoms. The van der Waals surface area contributed by atoms with Gasteiger partial charge in [0.2, 0.25) is 0 Å². The van der Waals surface area contributed by atoms with Crippen LogP contribution in [0.15, 0.2) is 23.6 Å². The van der Waals surface area contributed by atoms with E-state index in [-0.39, 0.29) is 0 Å². The number of rotatable bonds is 4. The van der Waals surface area contributed by atoms with Crippen molar-refractivity contribution in [3.05, 3.63) is 39.7 Å². The summed E-state index contributed by atoms with van der Waals surface area (Å²) in [6.45, 7) is 9.41.